The SMILES string of the molecule is CNC(=O)[C@H]1CC[C@H](Nc2ncc(Cl)c(-c3ccnc(-c4ccc(F)cc4)c3)n2)CC1. The summed E-state index contributed by atoms with van der Waals surface area (Å²) in [5, 5.41) is 6.54. The van der Waals surface area contributed by atoms with Gasteiger partial charge in [-0.1, -0.05) is 11.6 Å². The third-order valence-corrected chi connectivity index (χ3v) is 5.87. The molecule has 160 valence electrons. The molecular formula is C23H23ClFN5O. The normalized spacial score (nSPS) is 18.4. The Morgan fingerprint density at radius 1 is 1.06 bits per heavy atom. The number of hydrogen-bond donors (Lipinski definition) is 2. The maximum absolute atomic E-state index is 13.2. The summed E-state index contributed by atoms with van der Waals surface area (Å²) in [5.41, 5.74) is 2.91. The average molecular weight is 440 g/mol. The second kappa shape index (κ2) is 9.39. The Bertz CT molecular complexity index is 1070. The Morgan fingerprint density at radius 3 is 2.52 bits per heavy atom. The van der Waals surface area contributed by atoms with Crippen LogP contribution in [0.5, 0.6) is 0 Å². The molecule has 0 unspecified atom stereocenters. The third kappa shape index (κ3) is 4.99. The van der Waals surface area contributed by atoms with Crippen LogP contribution in [-0.4, -0.2) is 33.9 Å². The van der Waals surface area contributed by atoms with Gasteiger partial charge in [-0.25, -0.2) is 14.4 Å². The fourth-order valence-corrected chi connectivity index (χ4v) is 4.08. The summed E-state index contributed by atoms with van der Waals surface area (Å²) in [7, 11) is 1.68. The van der Waals surface area contributed by atoms with E-state index in [9.17, 15) is 9.18 Å². The Labute approximate surface area is 185 Å². The van der Waals surface area contributed by atoms with Gasteiger partial charge in [0, 0.05) is 36.3 Å². The fourth-order valence-electron chi connectivity index (χ4n) is 3.88. The molecule has 0 spiro atoms. The molecule has 1 aliphatic carbocycles. The topological polar surface area (TPSA) is 79.8 Å². The predicted molar refractivity (Wildman–Crippen MR) is 119 cm³/mol. The van der Waals surface area contributed by atoms with Crippen molar-refractivity contribution < 1.29 is 9.18 Å². The van der Waals surface area contributed by atoms with Gasteiger partial charge in [0.1, 0.15) is 5.82 Å². The van der Waals surface area contributed by atoms with Gasteiger partial charge < -0.3 is 10.6 Å². The van der Waals surface area contributed by atoms with Crippen molar-refractivity contribution in [1.29, 1.82) is 0 Å². The van der Waals surface area contributed by atoms with Gasteiger partial charge in [0.2, 0.25) is 11.9 Å². The number of amides is 1. The highest BCUT2D eigenvalue weighted by Crippen LogP contribution is 2.30. The summed E-state index contributed by atoms with van der Waals surface area (Å²) in [6.07, 6.45) is 6.69. The number of pyridine rings is 1. The summed E-state index contributed by atoms with van der Waals surface area (Å²) in [6, 6.07) is 10.1. The zero-order valence-electron chi connectivity index (χ0n) is 17.1. The Morgan fingerprint density at radius 2 is 1.81 bits per heavy atom. The molecule has 1 aromatic carbocycles. The first-order valence-corrected chi connectivity index (χ1v) is 10.6. The lowest BCUT2D eigenvalue weighted by molar-refractivity contribution is -0.125. The van der Waals surface area contributed by atoms with Gasteiger partial charge >= 0.3 is 0 Å². The molecule has 1 fully saturated rings. The number of carbonyl (C=O) groups is 1. The van der Waals surface area contributed by atoms with Crippen LogP contribution in [0, 0.1) is 11.7 Å². The Balaban J connectivity index is 1.52. The highest BCUT2D eigenvalue weighted by atomic mass is 35.5. The lowest BCUT2D eigenvalue weighted by atomic mass is 9.85. The lowest BCUT2D eigenvalue weighted by Gasteiger charge is -2.28. The second-order valence-electron chi connectivity index (χ2n) is 7.63. The van der Waals surface area contributed by atoms with Gasteiger partial charge in [0.05, 0.1) is 22.6 Å². The monoisotopic (exact) mass is 439 g/mol. The van der Waals surface area contributed by atoms with Crippen molar-refractivity contribution in [1.82, 2.24) is 20.3 Å². The van der Waals surface area contributed by atoms with Gasteiger partial charge in [0.25, 0.3) is 0 Å². The molecule has 0 saturated heterocycles. The van der Waals surface area contributed by atoms with Gasteiger partial charge in [0.15, 0.2) is 0 Å². The minimum Gasteiger partial charge on any atom is -0.359 e. The van der Waals surface area contributed by atoms with Crippen LogP contribution in [0.4, 0.5) is 10.3 Å². The van der Waals surface area contributed by atoms with Crippen LogP contribution in [0.2, 0.25) is 5.02 Å². The first-order valence-electron chi connectivity index (χ1n) is 10.3. The number of aromatic nitrogens is 3. The average Bonchev–Trinajstić information content (AvgIpc) is 2.81. The fraction of sp³-hybridized carbons (Fsp3) is 0.304. The zero-order valence-corrected chi connectivity index (χ0v) is 17.9. The Hall–Kier alpha value is -3.06. The van der Waals surface area contributed by atoms with Crippen LogP contribution in [0.1, 0.15) is 25.7 Å². The van der Waals surface area contributed by atoms with E-state index in [1.807, 2.05) is 12.1 Å². The number of anilines is 1. The number of halogens is 2. The van der Waals surface area contributed by atoms with E-state index in [0.717, 1.165) is 36.8 Å². The molecule has 2 aromatic heterocycles. The number of benzene rings is 1. The van der Waals surface area contributed by atoms with E-state index in [-0.39, 0.29) is 23.7 Å². The molecule has 8 heteroatoms. The summed E-state index contributed by atoms with van der Waals surface area (Å²) < 4.78 is 13.2. The zero-order chi connectivity index (χ0) is 21.8. The van der Waals surface area contributed by atoms with Gasteiger partial charge in [-0.05, 0) is 62.1 Å². The summed E-state index contributed by atoms with van der Waals surface area (Å²) in [5.74, 6) is 0.395. The number of carbonyl (C=O) groups excluding carboxylic acids is 1. The highest BCUT2D eigenvalue weighted by molar-refractivity contribution is 6.32. The van der Waals surface area contributed by atoms with E-state index in [2.05, 4.69) is 25.6 Å². The molecule has 6 nitrogen and oxygen atoms in total. The molecule has 1 aliphatic rings. The van der Waals surface area contributed by atoms with Crippen molar-refractivity contribution >= 4 is 23.5 Å². The van der Waals surface area contributed by atoms with E-state index in [0.29, 0.717) is 22.4 Å². The van der Waals surface area contributed by atoms with Crippen molar-refractivity contribution in [3.05, 3.63) is 59.6 Å². The maximum Gasteiger partial charge on any atom is 0.223 e. The molecule has 2 heterocycles. The van der Waals surface area contributed by atoms with Crippen molar-refractivity contribution in [2.45, 2.75) is 31.7 Å². The van der Waals surface area contributed by atoms with Crippen LogP contribution in [0.3, 0.4) is 0 Å². The van der Waals surface area contributed by atoms with E-state index < -0.39 is 0 Å². The number of hydrogen-bond acceptors (Lipinski definition) is 5. The molecule has 3 aromatic rings. The van der Waals surface area contributed by atoms with Crippen LogP contribution in [-0.2, 0) is 4.79 Å². The third-order valence-electron chi connectivity index (χ3n) is 5.60. The molecule has 31 heavy (non-hydrogen) atoms. The number of rotatable bonds is 5. The quantitative estimate of drug-likeness (QED) is 0.601. The number of nitrogens with one attached hydrogen (secondary N) is 2. The van der Waals surface area contributed by atoms with E-state index in [4.69, 9.17) is 11.6 Å². The molecule has 4 rings (SSSR count). The molecule has 0 radical (unpaired) electrons. The predicted octanol–water partition coefficient (Wildman–Crippen LogP) is 4.71. The van der Waals surface area contributed by atoms with Crippen molar-refractivity contribution in [3.8, 4) is 22.5 Å². The standard InChI is InChI=1S/C23H23ClFN5O/c1-26-22(31)15-4-8-18(9-5-15)29-23-28-13-19(24)21(30-23)16-10-11-27-20(12-16)14-2-6-17(25)7-3-14/h2-3,6-7,10-13,15,18H,4-5,8-9H2,1H3,(H,26,31)(H,28,29,30)/t15-,18-. The van der Waals surface area contributed by atoms with Crippen LogP contribution < -0.4 is 10.6 Å². The molecule has 2 N–H and O–H groups in total. The maximum atomic E-state index is 13.2. The van der Waals surface area contributed by atoms with E-state index in [1.165, 1.54) is 12.1 Å². The molecule has 1 saturated carbocycles. The molecule has 0 aliphatic heterocycles. The largest absolute Gasteiger partial charge is 0.359 e. The molecule has 0 atom stereocenters. The first-order chi connectivity index (χ1) is 15.0. The van der Waals surface area contributed by atoms with Gasteiger partial charge in [-0.15, -0.1) is 0 Å². The minimum atomic E-state index is -0.293. The van der Waals surface area contributed by atoms with Crippen molar-refractivity contribution in [2.75, 3.05) is 12.4 Å². The minimum absolute atomic E-state index is 0.0754. The smallest absolute Gasteiger partial charge is 0.223 e. The second-order valence-corrected chi connectivity index (χ2v) is 8.04. The van der Waals surface area contributed by atoms with E-state index in [1.54, 1.807) is 31.6 Å². The highest BCUT2D eigenvalue weighted by Gasteiger charge is 2.26. The van der Waals surface area contributed by atoms with Crippen LogP contribution in [0.15, 0.2) is 48.8 Å². The van der Waals surface area contributed by atoms with Crippen molar-refractivity contribution in [3.63, 3.8) is 0 Å². The van der Waals surface area contributed by atoms with Crippen LogP contribution >= 0.6 is 11.6 Å². The van der Waals surface area contributed by atoms with Gasteiger partial charge in [-0.3, -0.25) is 9.78 Å². The lowest BCUT2D eigenvalue weighted by Crippen LogP contribution is -2.34. The van der Waals surface area contributed by atoms with Crippen molar-refractivity contribution in [2.24, 2.45) is 5.92 Å². The Kier molecular flexibility index (Phi) is 6.42. The first kappa shape index (κ1) is 21.2. The summed E-state index contributed by atoms with van der Waals surface area (Å²) in [6.45, 7) is 0. The van der Waals surface area contributed by atoms with E-state index >= 15 is 0 Å². The molecular weight excluding hydrogens is 417 g/mol. The summed E-state index contributed by atoms with van der Waals surface area (Å²) >= 11 is 6.40. The summed E-state index contributed by atoms with van der Waals surface area (Å²) in [4.78, 5) is 25.2. The number of nitrogens with zero attached hydrogens (tertiary/aromatic N) is 3. The van der Waals surface area contributed by atoms with Crippen LogP contribution in [0.25, 0.3) is 22.5 Å². The molecule has 0 bridgehead atoms. The molecule has 1 amide bonds. The van der Waals surface area contributed by atoms with Gasteiger partial charge in [-0.2, -0.15) is 0 Å².